The Morgan fingerprint density at radius 3 is 2.63 bits per heavy atom. The number of nitrogens with zero attached hydrogens (tertiary/aromatic N) is 2. The predicted octanol–water partition coefficient (Wildman–Crippen LogP) is 4.46. The van der Waals surface area contributed by atoms with Crippen LogP contribution in [0.25, 0.3) is 11.3 Å². The molecule has 0 radical (unpaired) electrons. The molecule has 0 saturated heterocycles. The highest BCUT2D eigenvalue weighted by molar-refractivity contribution is 9.10. The van der Waals surface area contributed by atoms with Crippen LogP contribution in [0.1, 0.15) is 32.5 Å². The number of rotatable bonds is 4. The zero-order chi connectivity index (χ0) is 13.8. The normalized spacial score (nSPS) is 10.8. The average molecular weight is 320 g/mol. The molecule has 0 aliphatic rings. The first-order valence-electron chi connectivity index (χ1n) is 6.49. The Bertz CT molecular complexity index is 567. The molecular weight excluding hydrogens is 302 g/mol. The van der Waals surface area contributed by atoms with Gasteiger partial charge in [0.05, 0.1) is 5.69 Å². The van der Waals surface area contributed by atoms with Gasteiger partial charge in [0.1, 0.15) is 11.6 Å². The Morgan fingerprint density at radius 2 is 2.00 bits per heavy atom. The molecule has 1 aromatic heterocycles. The summed E-state index contributed by atoms with van der Waals surface area (Å²) in [6.45, 7) is 7.13. The molecule has 0 saturated carbocycles. The van der Waals surface area contributed by atoms with Crippen LogP contribution < -0.4 is 5.32 Å². The van der Waals surface area contributed by atoms with Gasteiger partial charge in [0, 0.05) is 28.6 Å². The average Bonchev–Trinajstić information content (AvgIpc) is 2.38. The summed E-state index contributed by atoms with van der Waals surface area (Å²) in [5.41, 5.74) is 2.05. The smallest absolute Gasteiger partial charge is 0.133 e. The van der Waals surface area contributed by atoms with Gasteiger partial charge >= 0.3 is 0 Å². The fourth-order valence-corrected chi connectivity index (χ4v) is 2.19. The van der Waals surface area contributed by atoms with Gasteiger partial charge in [0.15, 0.2) is 0 Å². The first-order chi connectivity index (χ1) is 9.10. The largest absolute Gasteiger partial charge is 0.370 e. The minimum Gasteiger partial charge on any atom is -0.370 e. The molecule has 0 spiro atoms. The van der Waals surface area contributed by atoms with Crippen molar-refractivity contribution in [2.75, 3.05) is 11.9 Å². The number of nitrogens with one attached hydrogen (secondary N) is 1. The molecule has 4 heteroatoms. The Morgan fingerprint density at radius 1 is 1.21 bits per heavy atom. The number of aromatic nitrogens is 2. The molecule has 1 N–H and O–H groups in total. The molecule has 19 heavy (non-hydrogen) atoms. The second-order valence-corrected chi connectivity index (χ2v) is 5.61. The first kappa shape index (κ1) is 14.0. The van der Waals surface area contributed by atoms with E-state index in [0.717, 1.165) is 33.9 Å². The Hall–Kier alpha value is -1.42. The summed E-state index contributed by atoms with van der Waals surface area (Å²) in [5, 5.41) is 3.26. The fourth-order valence-electron chi connectivity index (χ4n) is 1.79. The van der Waals surface area contributed by atoms with E-state index in [1.807, 2.05) is 18.2 Å². The second kappa shape index (κ2) is 6.15. The maximum absolute atomic E-state index is 4.65. The number of hydrogen-bond acceptors (Lipinski definition) is 3. The summed E-state index contributed by atoms with van der Waals surface area (Å²) in [7, 11) is 0. The van der Waals surface area contributed by atoms with Crippen LogP contribution in [0.2, 0.25) is 0 Å². The zero-order valence-electron chi connectivity index (χ0n) is 11.4. The molecule has 1 heterocycles. The molecule has 0 fully saturated rings. The van der Waals surface area contributed by atoms with Gasteiger partial charge in [-0.15, -0.1) is 0 Å². The minimum absolute atomic E-state index is 0.310. The summed E-state index contributed by atoms with van der Waals surface area (Å²) < 4.78 is 1.06. The van der Waals surface area contributed by atoms with E-state index in [9.17, 15) is 0 Å². The van der Waals surface area contributed by atoms with Gasteiger partial charge in [0.2, 0.25) is 0 Å². The van der Waals surface area contributed by atoms with Crippen molar-refractivity contribution in [3.8, 4) is 11.3 Å². The highest BCUT2D eigenvalue weighted by Gasteiger charge is 2.09. The number of hydrogen-bond donors (Lipinski definition) is 1. The van der Waals surface area contributed by atoms with E-state index in [2.05, 4.69) is 64.1 Å². The maximum atomic E-state index is 4.65. The van der Waals surface area contributed by atoms with Crippen molar-refractivity contribution >= 4 is 21.7 Å². The quantitative estimate of drug-likeness (QED) is 0.904. The minimum atomic E-state index is 0.310. The standard InChI is InChI=1S/C15H18BrN3/c1-4-17-14-9-13(18-15(19-14)10(2)3)11-6-5-7-12(16)8-11/h5-10H,4H2,1-3H3,(H,17,18,19). The van der Waals surface area contributed by atoms with Crippen molar-refractivity contribution in [1.82, 2.24) is 9.97 Å². The van der Waals surface area contributed by atoms with Crippen molar-refractivity contribution in [3.05, 3.63) is 40.6 Å². The Kier molecular flexibility index (Phi) is 4.53. The predicted molar refractivity (Wildman–Crippen MR) is 83.4 cm³/mol. The molecular formula is C15H18BrN3. The van der Waals surface area contributed by atoms with E-state index in [4.69, 9.17) is 0 Å². The molecule has 2 rings (SSSR count). The van der Waals surface area contributed by atoms with Crippen molar-refractivity contribution in [3.63, 3.8) is 0 Å². The van der Waals surface area contributed by atoms with Crippen molar-refractivity contribution in [2.45, 2.75) is 26.7 Å². The molecule has 2 aromatic rings. The number of benzene rings is 1. The summed E-state index contributed by atoms with van der Waals surface area (Å²) in [4.78, 5) is 9.19. The molecule has 0 bridgehead atoms. The van der Waals surface area contributed by atoms with E-state index in [1.165, 1.54) is 0 Å². The topological polar surface area (TPSA) is 37.8 Å². The molecule has 0 atom stereocenters. The van der Waals surface area contributed by atoms with Gasteiger partial charge in [-0.25, -0.2) is 9.97 Å². The van der Waals surface area contributed by atoms with Crippen LogP contribution >= 0.6 is 15.9 Å². The van der Waals surface area contributed by atoms with E-state index in [0.29, 0.717) is 5.92 Å². The molecule has 0 aliphatic heterocycles. The molecule has 0 unspecified atom stereocenters. The van der Waals surface area contributed by atoms with Crippen LogP contribution in [0.5, 0.6) is 0 Å². The Balaban J connectivity index is 2.49. The van der Waals surface area contributed by atoms with Crippen LogP contribution in [-0.2, 0) is 0 Å². The maximum Gasteiger partial charge on any atom is 0.133 e. The first-order valence-corrected chi connectivity index (χ1v) is 7.28. The highest BCUT2D eigenvalue weighted by atomic mass is 79.9. The van der Waals surface area contributed by atoms with Gasteiger partial charge in [0.25, 0.3) is 0 Å². The van der Waals surface area contributed by atoms with Crippen LogP contribution in [0, 0.1) is 0 Å². The third-order valence-corrected chi connectivity index (χ3v) is 3.23. The monoisotopic (exact) mass is 319 g/mol. The number of halogens is 1. The molecule has 3 nitrogen and oxygen atoms in total. The van der Waals surface area contributed by atoms with Gasteiger partial charge in [-0.05, 0) is 19.1 Å². The Labute approximate surface area is 122 Å². The van der Waals surface area contributed by atoms with Crippen molar-refractivity contribution in [1.29, 1.82) is 0 Å². The second-order valence-electron chi connectivity index (χ2n) is 4.69. The van der Waals surface area contributed by atoms with Gasteiger partial charge in [-0.2, -0.15) is 0 Å². The van der Waals surface area contributed by atoms with Gasteiger partial charge in [-0.1, -0.05) is 41.9 Å². The molecule has 0 aliphatic carbocycles. The lowest BCUT2D eigenvalue weighted by atomic mass is 10.1. The van der Waals surface area contributed by atoms with E-state index >= 15 is 0 Å². The zero-order valence-corrected chi connectivity index (χ0v) is 13.0. The third-order valence-electron chi connectivity index (χ3n) is 2.74. The fraction of sp³-hybridized carbons (Fsp3) is 0.333. The lowest BCUT2D eigenvalue weighted by Crippen LogP contribution is -2.05. The third kappa shape index (κ3) is 3.53. The SMILES string of the molecule is CCNc1cc(-c2cccc(Br)c2)nc(C(C)C)n1. The summed E-state index contributed by atoms with van der Waals surface area (Å²) >= 11 is 3.50. The molecule has 100 valence electrons. The van der Waals surface area contributed by atoms with Gasteiger partial charge in [-0.3, -0.25) is 0 Å². The van der Waals surface area contributed by atoms with Crippen LogP contribution in [0.15, 0.2) is 34.8 Å². The van der Waals surface area contributed by atoms with E-state index < -0.39 is 0 Å². The van der Waals surface area contributed by atoms with Crippen molar-refractivity contribution in [2.24, 2.45) is 0 Å². The lowest BCUT2D eigenvalue weighted by Gasteiger charge is -2.11. The van der Waals surface area contributed by atoms with Crippen LogP contribution in [-0.4, -0.2) is 16.5 Å². The van der Waals surface area contributed by atoms with E-state index in [1.54, 1.807) is 0 Å². The molecule has 0 amide bonds. The van der Waals surface area contributed by atoms with Crippen LogP contribution in [0.4, 0.5) is 5.82 Å². The van der Waals surface area contributed by atoms with Crippen LogP contribution in [0.3, 0.4) is 0 Å². The number of anilines is 1. The summed E-state index contributed by atoms with van der Waals surface area (Å²) in [6.07, 6.45) is 0. The lowest BCUT2D eigenvalue weighted by molar-refractivity contribution is 0.776. The molecule has 1 aromatic carbocycles. The van der Waals surface area contributed by atoms with Crippen molar-refractivity contribution < 1.29 is 0 Å². The highest BCUT2D eigenvalue weighted by Crippen LogP contribution is 2.24. The van der Waals surface area contributed by atoms with Gasteiger partial charge < -0.3 is 5.32 Å². The summed E-state index contributed by atoms with van der Waals surface area (Å²) in [6, 6.07) is 10.2. The summed E-state index contributed by atoms with van der Waals surface area (Å²) in [5.74, 6) is 2.06. The van der Waals surface area contributed by atoms with E-state index in [-0.39, 0.29) is 0 Å².